The maximum absolute atomic E-state index is 12.0. The van der Waals surface area contributed by atoms with Crippen molar-refractivity contribution in [1.82, 2.24) is 4.72 Å². The summed E-state index contributed by atoms with van der Waals surface area (Å²) < 4.78 is 25.8. The van der Waals surface area contributed by atoms with Gasteiger partial charge in [-0.25, -0.2) is 13.1 Å². The Labute approximate surface area is 155 Å². The predicted octanol–water partition coefficient (Wildman–Crippen LogP) is 3.79. The van der Waals surface area contributed by atoms with Crippen LogP contribution in [0, 0.1) is 0 Å². The molecule has 0 unspecified atom stereocenters. The van der Waals surface area contributed by atoms with Crippen molar-refractivity contribution < 1.29 is 13.2 Å². The molecule has 2 rings (SSSR count). The Hall–Kier alpha value is -2.18. The van der Waals surface area contributed by atoms with Crippen molar-refractivity contribution in [2.24, 2.45) is 0 Å². The van der Waals surface area contributed by atoms with E-state index in [9.17, 15) is 13.2 Å². The van der Waals surface area contributed by atoms with Gasteiger partial charge in [-0.1, -0.05) is 42.5 Å². The van der Waals surface area contributed by atoms with Gasteiger partial charge >= 0.3 is 0 Å². The van der Waals surface area contributed by atoms with E-state index in [1.807, 2.05) is 54.6 Å². The van der Waals surface area contributed by atoms with Crippen molar-refractivity contribution >= 4 is 21.6 Å². The monoisotopic (exact) mass is 374 g/mol. The molecule has 26 heavy (non-hydrogen) atoms. The topological polar surface area (TPSA) is 75.3 Å². The highest BCUT2D eigenvalue weighted by atomic mass is 32.2. The summed E-state index contributed by atoms with van der Waals surface area (Å²) in [6.45, 7) is 3.64. The van der Waals surface area contributed by atoms with E-state index in [4.69, 9.17) is 0 Å². The van der Waals surface area contributed by atoms with Gasteiger partial charge in [0.15, 0.2) is 0 Å². The Morgan fingerprint density at radius 2 is 1.54 bits per heavy atom. The van der Waals surface area contributed by atoms with Crippen molar-refractivity contribution in [1.29, 1.82) is 0 Å². The lowest BCUT2D eigenvalue weighted by Crippen LogP contribution is -2.31. The van der Waals surface area contributed by atoms with Crippen LogP contribution in [0.15, 0.2) is 54.6 Å². The van der Waals surface area contributed by atoms with Gasteiger partial charge in [0.25, 0.3) is 0 Å². The molecule has 6 heteroatoms. The molecule has 0 aliphatic carbocycles. The Kier molecular flexibility index (Phi) is 7.36. The van der Waals surface area contributed by atoms with E-state index in [1.165, 1.54) is 0 Å². The second-order valence-electron chi connectivity index (χ2n) is 6.44. The Balaban J connectivity index is 1.73. The minimum Gasteiger partial charge on any atom is -0.326 e. The maximum atomic E-state index is 12.0. The lowest BCUT2D eigenvalue weighted by molar-refractivity contribution is -0.116. The summed E-state index contributed by atoms with van der Waals surface area (Å²) in [4.78, 5) is 12.0. The fourth-order valence-corrected chi connectivity index (χ4v) is 3.15. The first kappa shape index (κ1) is 20.1. The number of nitrogens with one attached hydrogen (secondary N) is 2. The van der Waals surface area contributed by atoms with Gasteiger partial charge in [0.1, 0.15) is 0 Å². The first-order valence-electron chi connectivity index (χ1n) is 8.82. The summed E-state index contributed by atoms with van der Waals surface area (Å²) in [5.74, 6) is -0.0656. The highest BCUT2D eigenvalue weighted by Gasteiger charge is 2.14. The molecule has 0 bridgehead atoms. The summed E-state index contributed by atoms with van der Waals surface area (Å²) in [5.41, 5.74) is 2.99. The number of carbonyl (C=O) groups is 1. The van der Waals surface area contributed by atoms with Crippen LogP contribution in [-0.4, -0.2) is 26.1 Å². The number of hydrogen-bond acceptors (Lipinski definition) is 3. The Morgan fingerprint density at radius 3 is 2.15 bits per heavy atom. The normalized spacial score (nSPS) is 11.5. The average Bonchev–Trinajstić information content (AvgIpc) is 2.62. The van der Waals surface area contributed by atoms with E-state index in [2.05, 4.69) is 10.0 Å². The highest BCUT2D eigenvalue weighted by Crippen LogP contribution is 2.21. The number of benzene rings is 2. The van der Waals surface area contributed by atoms with Gasteiger partial charge in [0, 0.05) is 18.7 Å². The van der Waals surface area contributed by atoms with Crippen LogP contribution in [0.5, 0.6) is 0 Å². The van der Waals surface area contributed by atoms with Gasteiger partial charge in [0.05, 0.1) is 5.25 Å². The SMILES string of the molecule is CC(C)S(=O)(=O)NCCCCC(=O)Nc1ccc(-c2ccccc2)cc1. The van der Waals surface area contributed by atoms with Crippen molar-refractivity contribution in [3.05, 3.63) is 54.6 Å². The predicted molar refractivity (Wildman–Crippen MR) is 106 cm³/mol. The van der Waals surface area contributed by atoms with Crippen LogP contribution in [0.25, 0.3) is 11.1 Å². The third kappa shape index (κ3) is 6.28. The molecule has 140 valence electrons. The summed E-state index contributed by atoms with van der Waals surface area (Å²) in [6, 6.07) is 17.8. The molecule has 0 saturated heterocycles. The van der Waals surface area contributed by atoms with Crippen LogP contribution < -0.4 is 10.0 Å². The highest BCUT2D eigenvalue weighted by molar-refractivity contribution is 7.90. The van der Waals surface area contributed by atoms with Crippen LogP contribution in [0.4, 0.5) is 5.69 Å². The Morgan fingerprint density at radius 1 is 0.923 bits per heavy atom. The number of anilines is 1. The molecule has 2 aromatic carbocycles. The molecular formula is C20H26N2O3S. The van der Waals surface area contributed by atoms with E-state index in [0.29, 0.717) is 25.8 Å². The smallest absolute Gasteiger partial charge is 0.224 e. The standard InChI is InChI=1S/C20H26N2O3S/c1-16(2)26(24,25)21-15-7-6-10-20(23)22-19-13-11-18(12-14-19)17-8-4-3-5-9-17/h3-5,8-9,11-14,16,21H,6-7,10,15H2,1-2H3,(H,22,23). The molecule has 0 aromatic heterocycles. The largest absolute Gasteiger partial charge is 0.326 e. The van der Waals surface area contributed by atoms with Crippen molar-refractivity contribution in [2.75, 3.05) is 11.9 Å². The van der Waals surface area contributed by atoms with E-state index in [1.54, 1.807) is 13.8 Å². The van der Waals surface area contributed by atoms with Crippen LogP contribution in [0.2, 0.25) is 0 Å². The number of sulfonamides is 1. The average molecular weight is 375 g/mol. The molecule has 0 saturated carbocycles. The van der Waals surface area contributed by atoms with Crippen LogP contribution >= 0.6 is 0 Å². The van der Waals surface area contributed by atoms with Crippen LogP contribution in [0.3, 0.4) is 0 Å². The molecule has 0 aliphatic rings. The first-order chi connectivity index (χ1) is 12.4. The van der Waals surface area contributed by atoms with E-state index < -0.39 is 15.3 Å². The van der Waals surface area contributed by atoms with Gasteiger partial charge in [-0.3, -0.25) is 4.79 Å². The summed E-state index contributed by atoms with van der Waals surface area (Å²) in [7, 11) is -3.23. The molecule has 1 amide bonds. The third-order valence-corrected chi connectivity index (χ3v) is 5.88. The number of unbranched alkanes of at least 4 members (excludes halogenated alkanes) is 1. The molecule has 5 nitrogen and oxygen atoms in total. The lowest BCUT2D eigenvalue weighted by Gasteiger charge is -2.09. The molecule has 2 N–H and O–H groups in total. The van der Waals surface area contributed by atoms with Crippen molar-refractivity contribution in [3.63, 3.8) is 0 Å². The number of carbonyl (C=O) groups excluding carboxylic acids is 1. The van der Waals surface area contributed by atoms with Crippen molar-refractivity contribution in [3.8, 4) is 11.1 Å². The van der Waals surface area contributed by atoms with Gasteiger partial charge in [-0.2, -0.15) is 0 Å². The lowest BCUT2D eigenvalue weighted by atomic mass is 10.1. The Bertz CT molecular complexity index is 801. The second kappa shape index (κ2) is 9.50. The van der Waals surface area contributed by atoms with Gasteiger partial charge < -0.3 is 5.32 Å². The molecular weight excluding hydrogens is 348 g/mol. The zero-order valence-corrected chi connectivity index (χ0v) is 16.1. The molecule has 2 aromatic rings. The quantitative estimate of drug-likeness (QED) is 0.656. The molecule has 0 radical (unpaired) electrons. The molecule has 0 atom stereocenters. The minimum atomic E-state index is -3.23. The summed E-state index contributed by atoms with van der Waals surface area (Å²) in [6.07, 6.45) is 1.63. The van der Waals surface area contributed by atoms with Gasteiger partial charge in [0.2, 0.25) is 15.9 Å². The van der Waals surface area contributed by atoms with E-state index >= 15 is 0 Å². The maximum Gasteiger partial charge on any atom is 0.224 e. The van der Waals surface area contributed by atoms with Gasteiger partial charge in [-0.15, -0.1) is 0 Å². The molecule has 0 heterocycles. The van der Waals surface area contributed by atoms with E-state index in [-0.39, 0.29) is 5.91 Å². The zero-order chi connectivity index (χ0) is 19.0. The number of rotatable bonds is 9. The fraction of sp³-hybridized carbons (Fsp3) is 0.350. The van der Waals surface area contributed by atoms with E-state index in [0.717, 1.165) is 16.8 Å². The summed E-state index contributed by atoms with van der Waals surface area (Å²) >= 11 is 0. The van der Waals surface area contributed by atoms with Crippen molar-refractivity contribution in [2.45, 2.75) is 38.4 Å². The number of amides is 1. The zero-order valence-electron chi connectivity index (χ0n) is 15.2. The summed E-state index contributed by atoms with van der Waals surface area (Å²) in [5, 5.41) is 2.43. The first-order valence-corrected chi connectivity index (χ1v) is 10.4. The third-order valence-electron chi connectivity index (χ3n) is 4.03. The second-order valence-corrected chi connectivity index (χ2v) is 8.76. The van der Waals surface area contributed by atoms with Crippen LogP contribution in [0.1, 0.15) is 33.1 Å². The minimum absolute atomic E-state index is 0.0656. The fourth-order valence-electron chi connectivity index (χ4n) is 2.39. The van der Waals surface area contributed by atoms with Gasteiger partial charge in [-0.05, 0) is 49.9 Å². The van der Waals surface area contributed by atoms with Crippen LogP contribution in [-0.2, 0) is 14.8 Å². The number of hydrogen-bond donors (Lipinski definition) is 2. The molecule has 0 fully saturated rings. The molecule has 0 spiro atoms. The molecule has 0 aliphatic heterocycles.